The molecule has 0 saturated heterocycles. The molecule has 0 saturated carbocycles. The average Bonchev–Trinajstić information content (AvgIpc) is 2.37. The fourth-order valence-electron chi connectivity index (χ4n) is 2.57. The lowest BCUT2D eigenvalue weighted by Crippen LogP contribution is -2.31. The second kappa shape index (κ2) is 4.02. The Kier molecular flexibility index (Phi) is 2.50. The molecule has 0 fully saturated rings. The van der Waals surface area contributed by atoms with Crippen molar-refractivity contribution in [2.75, 3.05) is 0 Å². The van der Waals surface area contributed by atoms with Gasteiger partial charge in [0.1, 0.15) is 0 Å². The molecule has 3 heteroatoms. The van der Waals surface area contributed by atoms with Gasteiger partial charge in [-0.05, 0) is 40.2 Å². The summed E-state index contributed by atoms with van der Waals surface area (Å²) < 4.78 is 0. The minimum atomic E-state index is -1.42. The summed E-state index contributed by atoms with van der Waals surface area (Å²) in [5, 5.41) is 21.0. The molecule has 2 N–H and O–H groups in total. The van der Waals surface area contributed by atoms with Gasteiger partial charge in [-0.15, -0.1) is 0 Å². The van der Waals surface area contributed by atoms with Crippen LogP contribution in [-0.2, 0) is 6.42 Å². The zero-order chi connectivity index (χ0) is 11.8. The molecule has 0 aliphatic heterocycles. The first-order valence-electron chi connectivity index (χ1n) is 5.84. The van der Waals surface area contributed by atoms with E-state index in [1.807, 2.05) is 24.3 Å². The van der Waals surface area contributed by atoms with Gasteiger partial charge in [0.25, 0.3) is 0 Å². The first-order chi connectivity index (χ1) is 8.27. The van der Waals surface area contributed by atoms with E-state index in [0.717, 1.165) is 29.2 Å². The lowest BCUT2D eigenvalue weighted by atomic mass is 9.74. The largest absolute Gasteiger partial charge is 0.489 e. The van der Waals surface area contributed by atoms with Crippen molar-refractivity contribution < 1.29 is 10.0 Å². The summed E-state index contributed by atoms with van der Waals surface area (Å²) in [6.45, 7) is 0. The smallest absolute Gasteiger partial charge is 0.423 e. The Labute approximate surface area is 100 Å². The predicted molar refractivity (Wildman–Crippen MR) is 71.1 cm³/mol. The summed E-state index contributed by atoms with van der Waals surface area (Å²) in [7, 11) is -1.42. The van der Waals surface area contributed by atoms with Gasteiger partial charge in [-0.3, -0.25) is 0 Å². The van der Waals surface area contributed by atoms with Crippen molar-refractivity contribution in [3.05, 3.63) is 47.5 Å². The van der Waals surface area contributed by atoms with Crippen LogP contribution < -0.4 is 5.46 Å². The Morgan fingerprint density at radius 3 is 2.59 bits per heavy atom. The van der Waals surface area contributed by atoms with Crippen LogP contribution in [0.5, 0.6) is 0 Å². The molecule has 0 spiro atoms. The van der Waals surface area contributed by atoms with Crippen molar-refractivity contribution >= 4 is 29.4 Å². The first kappa shape index (κ1) is 10.6. The molecule has 2 aromatic rings. The maximum atomic E-state index is 9.45. The van der Waals surface area contributed by atoms with E-state index >= 15 is 0 Å². The lowest BCUT2D eigenvalue weighted by molar-refractivity contribution is 0.426. The highest BCUT2D eigenvalue weighted by molar-refractivity contribution is 6.62. The van der Waals surface area contributed by atoms with Gasteiger partial charge in [0.2, 0.25) is 0 Å². The molecule has 0 unspecified atom stereocenters. The van der Waals surface area contributed by atoms with Gasteiger partial charge < -0.3 is 10.0 Å². The van der Waals surface area contributed by atoms with E-state index in [0.29, 0.717) is 5.46 Å². The van der Waals surface area contributed by atoms with Crippen LogP contribution in [0, 0.1) is 0 Å². The molecule has 0 atom stereocenters. The molecule has 17 heavy (non-hydrogen) atoms. The van der Waals surface area contributed by atoms with Crippen LogP contribution in [0.1, 0.15) is 17.5 Å². The summed E-state index contributed by atoms with van der Waals surface area (Å²) in [4.78, 5) is 0. The van der Waals surface area contributed by atoms with Crippen LogP contribution in [0.3, 0.4) is 0 Å². The molecule has 0 aromatic heterocycles. The van der Waals surface area contributed by atoms with E-state index < -0.39 is 7.12 Å². The van der Waals surface area contributed by atoms with Gasteiger partial charge in [0.05, 0.1) is 0 Å². The third kappa shape index (κ3) is 1.68. The monoisotopic (exact) mass is 224 g/mol. The zero-order valence-corrected chi connectivity index (χ0v) is 9.43. The Hall–Kier alpha value is -1.58. The number of fused-ring (bicyclic) bond motifs is 3. The van der Waals surface area contributed by atoms with E-state index in [-0.39, 0.29) is 0 Å². The molecule has 84 valence electrons. The van der Waals surface area contributed by atoms with Crippen molar-refractivity contribution in [3.8, 4) is 0 Å². The summed E-state index contributed by atoms with van der Waals surface area (Å²) >= 11 is 0. The predicted octanol–water partition coefficient (Wildman–Crippen LogP) is 1.48. The van der Waals surface area contributed by atoms with Crippen LogP contribution in [0.15, 0.2) is 36.4 Å². The summed E-state index contributed by atoms with van der Waals surface area (Å²) in [5.74, 6) is 0. The van der Waals surface area contributed by atoms with Gasteiger partial charge in [0, 0.05) is 0 Å². The Morgan fingerprint density at radius 1 is 1.06 bits per heavy atom. The topological polar surface area (TPSA) is 40.5 Å². The van der Waals surface area contributed by atoms with E-state index in [1.54, 1.807) is 0 Å². The molecule has 0 heterocycles. The van der Waals surface area contributed by atoms with Crippen molar-refractivity contribution in [3.63, 3.8) is 0 Å². The highest BCUT2D eigenvalue weighted by Crippen LogP contribution is 2.26. The number of benzene rings is 2. The van der Waals surface area contributed by atoms with Gasteiger partial charge in [-0.1, -0.05) is 42.5 Å². The summed E-state index contributed by atoms with van der Waals surface area (Å²) in [6.07, 6.45) is 6.27. The minimum absolute atomic E-state index is 0.589. The minimum Gasteiger partial charge on any atom is -0.423 e. The highest BCUT2D eigenvalue weighted by Gasteiger charge is 2.19. The fourth-order valence-corrected chi connectivity index (χ4v) is 2.57. The Bertz CT molecular complexity index is 602. The number of rotatable bonds is 1. The third-order valence-corrected chi connectivity index (χ3v) is 3.36. The SMILES string of the molecule is OB(O)c1cc2c(c3ccccc13)CCC=C2. The molecule has 1 aliphatic carbocycles. The molecular weight excluding hydrogens is 211 g/mol. The maximum absolute atomic E-state index is 9.45. The van der Waals surface area contributed by atoms with Crippen molar-refractivity contribution in [1.82, 2.24) is 0 Å². The van der Waals surface area contributed by atoms with Crippen LogP contribution in [0.2, 0.25) is 0 Å². The van der Waals surface area contributed by atoms with Crippen molar-refractivity contribution in [2.45, 2.75) is 12.8 Å². The van der Waals surface area contributed by atoms with Crippen LogP contribution in [0.4, 0.5) is 0 Å². The molecule has 0 bridgehead atoms. The number of hydrogen-bond acceptors (Lipinski definition) is 2. The van der Waals surface area contributed by atoms with Crippen molar-refractivity contribution in [2.24, 2.45) is 0 Å². The van der Waals surface area contributed by atoms with Gasteiger partial charge in [-0.25, -0.2) is 0 Å². The fraction of sp³-hybridized carbons (Fsp3) is 0.143. The normalized spacial score (nSPS) is 13.8. The van der Waals surface area contributed by atoms with E-state index in [4.69, 9.17) is 0 Å². The maximum Gasteiger partial charge on any atom is 0.489 e. The molecule has 2 nitrogen and oxygen atoms in total. The van der Waals surface area contributed by atoms with Gasteiger partial charge >= 0.3 is 7.12 Å². The quantitative estimate of drug-likeness (QED) is 0.720. The Balaban J connectivity index is 2.40. The standard InChI is InChI=1S/C14H13BO2/c16-15(17)14-9-10-5-1-2-6-11(10)12-7-3-4-8-13(12)14/h1,3-5,7-9,16-17H,2,6H2. The van der Waals surface area contributed by atoms with Gasteiger partial charge in [0.15, 0.2) is 0 Å². The van der Waals surface area contributed by atoms with Gasteiger partial charge in [-0.2, -0.15) is 0 Å². The molecular formula is C14H13BO2. The van der Waals surface area contributed by atoms with E-state index in [1.165, 1.54) is 5.56 Å². The average molecular weight is 224 g/mol. The lowest BCUT2D eigenvalue weighted by Gasteiger charge is -2.16. The van der Waals surface area contributed by atoms with Crippen LogP contribution in [0.25, 0.3) is 16.8 Å². The Morgan fingerprint density at radius 2 is 1.82 bits per heavy atom. The summed E-state index contributed by atoms with van der Waals surface area (Å²) in [5.41, 5.74) is 3.01. The zero-order valence-electron chi connectivity index (χ0n) is 9.43. The van der Waals surface area contributed by atoms with Crippen molar-refractivity contribution in [1.29, 1.82) is 0 Å². The molecule has 2 aromatic carbocycles. The molecule has 3 rings (SSSR count). The second-order valence-corrected chi connectivity index (χ2v) is 4.39. The molecule has 1 aliphatic rings. The first-order valence-corrected chi connectivity index (χ1v) is 5.84. The molecule has 0 radical (unpaired) electrons. The molecule has 0 amide bonds. The van der Waals surface area contributed by atoms with E-state index in [2.05, 4.69) is 18.2 Å². The third-order valence-electron chi connectivity index (χ3n) is 3.36. The van der Waals surface area contributed by atoms with Crippen LogP contribution >= 0.6 is 0 Å². The summed E-state index contributed by atoms with van der Waals surface area (Å²) in [6, 6.07) is 9.81. The number of aryl methyl sites for hydroxylation is 1. The number of allylic oxidation sites excluding steroid dienone is 1. The number of hydrogen-bond donors (Lipinski definition) is 2. The van der Waals surface area contributed by atoms with E-state index in [9.17, 15) is 10.0 Å². The van der Waals surface area contributed by atoms with Crippen LogP contribution in [-0.4, -0.2) is 17.2 Å². The highest BCUT2D eigenvalue weighted by atomic mass is 16.4. The second-order valence-electron chi connectivity index (χ2n) is 4.39.